The van der Waals surface area contributed by atoms with Gasteiger partial charge in [-0.15, -0.1) is 0 Å². The molecule has 2 rings (SSSR count). The van der Waals surface area contributed by atoms with Crippen LogP contribution < -0.4 is 0 Å². The van der Waals surface area contributed by atoms with Gasteiger partial charge in [0.1, 0.15) is 0 Å². The van der Waals surface area contributed by atoms with Gasteiger partial charge in [0.05, 0.1) is 24.0 Å². The van der Waals surface area contributed by atoms with E-state index >= 15 is 0 Å². The average Bonchev–Trinajstić information content (AvgIpc) is 2.83. The van der Waals surface area contributed by atoms with Gasteiger partial charge in [0, 0.05) is 6.54 Å². The third kappa shape index (κ3) is 2.49. The first-order valence-corrected chi connectivity index (χ1v) is 6.12. The summed E-state index contributed by atoms with van der Waals surface area (Å²) < 4.78 is 1.99. The van der Waals surface area contributed by atoms with Gasteiger partial charge in [-0.2, -0.15) is 5.10 Å². The zero-order valence-corrected chi connectivity index (χ0v) is 10.4. The van der Waals surface area contributed by atoms with Crippen LogP contribution in [0.15, 0.2) is 6.07 Å². The van der Waals surface area contributed by atoms with Gasteiger partial charge >= 0.3 is 5.97 Å². The number of nitrogens with zero attached hydrogens (tertiary/aromatic N) is 3. The first-order valence-electron chi connectivity index (χ1n) is 6.12. The Hall–Kier alpha value is -1.36. The summed E-state index contributed by atoms with van der Waals surface area (Å²) in [6, 6.07) is 2.29. The first kappa shape index (κ1) is 12.1. The number of aliphatic carboxylic acids is 1. The minimum atomic E-state index is -0.754. The lowest BCUT2D eigenvalue weighted by molar-refractivity contribution is -0.138. The topological polar surface area (TPSA) is 58.4 Å². The quantitative estimate of drug-likeness (QED) is 0.860. The van der Waals surface area contributed by atoms with Crippen LogP contribution in [0.5, 0.6) is 0 Å². The van der Waals surface area contributed by atoms with Crippen LogP contribution in [0, 0.1) is 6.92 Å². The summed E-state index contributed by atoms with van der Waals surface area (Å²) in [7, 11) is 0. The van der Waals surface area contributed by atoms with E-state index in [9.17, 15) is 4.79 Å². The van der Waals surface area contributed by atoms with Crippen LogP contribution in [0.25, 0.3) is 0 Å². The molecular formula is C12H19N3O2. The maximum absolute atomic E-state index is 10.8. The molecule has 2 heterocycles. The van der Waals surface area contributed by atoms with Crippen LogP contribution >= 0.6 is 0 Å². The van der Waals surface area contributed by atoms with E-state index < -0.39 is 5.97 Å². The summed E-state index contributed by atoms with van der Waals surface area (Å²) in [5, 5.41) is 13.3. The number of aromatic nitrogens is 2. The molecule has 0 aromatic carbocycles. The second-order valence-electron chi connectivity index (χ2n) is 4.55. The molecule has 1 fully saturated rings. The molecule has 0 unspecified atom stereocenters. The van der Waals surface area contributed by atoms with E-state index in [1.54, 1.807) is 0 Å². The van der Waals surface area contributed by atoms with Crippen molar-refractivity contribution in [2.24, 2.45) is 0 Å². The highest BCUT2D eigenvalue weighted by molar-refractivity contribution is 5.69. The molecule has 5 heteroatoms. The Labute approximate surface area is 101 Å². The fourth-order valence-electron chi connectivity index (χ4n) is 2.61. The second kappa shape index (κ2) is 4.87. The number of aryl methyl sites for hydroxylation is 2. The second-order valence-corrected chi connectivity index (χ2v) is 4.55. The van der Waals surface area contributed by atoms with Gasteiger partial charge in [-0.05, 0) is 39.3 Å². The number of carboxylic acids is 1. The smallest absolute Gasteiger partial charge is 0.317 e. The van der Waals surface area contributed by atoms with E-state index in [-0.39, 0.29) is 12.6 Å². The molecule has 1 N–H and O–H groups in total. The Kier molecular flexibility index (Phi) is 3.47. The first-order chi connectivity index (χ1) is 8.11. The molecule has 0 amide bonds. The Bertz CT molecular complexity index is 414. The maximum Gasteiger partial charge on any atom is 0.317 e. The van der Waals surface area contributed by atoms with Gasteiger partial charge in [0.15, 0.2) is 0 Å². The average molecular weight is 237 g/mol. The summed E-state index contributed by atoms with van der Waals surface area (Å²) in [4.78, 5) is 12.9. The third-order valence-corrected chi connectivity index (χ3v) is 3.28. The lowest BCUT2D eigenvalue weighted by atomic mass is 10.1. The fraction of sp³-hybridized carbons (Fsp3) is 0.667. The van der Waals surface area contributed by atoms with Crippen LogP contribution in [0.4, 0.5) is 0 Å². The van der Waals surface area contributed by atoms with Crippen molar-refractivity contribution in [3.63, 3.8) is 0 Å². The molecule has 1 aromatic rings. The Morgan fingerprint density at radius 2 is 2.41 bits per heavy atom. The molecule has 0 radical (unpaired) electrons. The fourth-order valence-corrected chi connectivity index (χ4v) is 2.61. The Balaban J connectivity index is 2.22. The zero-order chi connectivity index (χ0) is 12.4. The van der Waals surface area contributed by atoms with Crippen molar-refractivity contribution in [1.82, 2.24) is 14.7 Å². The van der Waals surface area contributed by atoms with E-state index in [0.29, 0.717) is 0 Å². The van der Waals surface area contributed by atoms with Gasteiger partial charge in [-0.25, -0.2) is 0 Å². The molecule has 0 bridgehead atoms. The molecule has 5 nitrogen and oxygen atoms in total. The monoisotopic (exact) mass is 237 g/mol. The Morgan fingerprint density at radius 3 is 3.06 bits per heavy atom. The standard InChI is InChI=1S/C12H19N3O2/c1-3-15-11(7-9(2)13-15)10-5-4-6-14(10)8-12(16)17/h7,10H,3-6,8H2,1-2H3,(H,16,17)/t10-/m1/s1. The highest BCUT2D eigenvalue weighted by Crippen LogP contribution is 2.31. The lowest BCUT2D eigenvalue weighted by Gasteiger charge is -2.23. The van der Waals surface area contributed by atoms with E-state index in [2.05, 4.69) is 18.1 Å². The summed E-state index contributed by atoms with van der Waals surface area (Å²) in [5.41, 5.74) is 2.16. The molecule has 1 aliphatic heterocycles. The number of hydrogen-bond donors (Lipinski definition) is 1. The van der Waals surface area contributed by atoms with E-state index in [0.717, 1.165) is 37.3 Å². The van der Waals surface area contributed by atoms with Gasteiger partial charge in [-0.1, -0.05) is 0 Å². The van der Waals surface area contributed by atoms with Crippen molar-refractivity contribution >= 4 is 5.97 Å². The van der Waals surface area contributed by atoms with Crippen molar-refractivity contribution in [3.05, 3.63) is 17.5 Å². The van der Waals surface area contributed by atoms with Crippen molar-refractivity contribution < 1.29 is 9.90 Å². The molecule has 0 saturated carbocycles. The molecule has 1 atom stereocenters. The normalized spacial score (nSPS) is 20.9. The molecular weight excluding hydrogens is 218 g/mol. The van der Waals surface area contributed by atoms with Crippen LogP contribution in [0.1, 0.15) is 37.2 Å². The van der Waals surface area contributed by atoms with Gasteiger partial charge in [0.2, 0.25) is 0 Å². The SMILES string of the molecule is CCn1nc(C)cc1[C@H]1CCCN1CC(=O)O. The van der Waals surface area contributed by atoms with Gasteiger partial charge in [-0.3, -0.25) is 14.4 Å². The van der Waals surface area contributed by atoms with Crippen molar-refractivity contribution in [1.29, 1.82) is 0 Å². The van der Waals surface area contributed by atoms with E-state index in [4.69, 9.17) is 5.11 Å². The highest BCUT2D eigenvalue weighted by Gasteiger charge is 2.29. The predicted octanol–water partition coefficient (Wildman–Crippen LogP) is 1.43. The van der Waals surface area contributed by atoms with Gasteiger partial charge in [0.25, 0.3) is 0 Å². The summed E-state index contributed by atoms with van der Waals surface area (Å²) in [6.07, 6.45) is 2.09. The summed E-state index contributed by atoms with van der Waals surface area (Å²) in [6.45, 7) is 5.86. The predicted molar refractivity (Wildman–Crippen MR) is 63.8 cm³/mol. The molecule has 94 valence electrons. The van der Waals surface area contributed by atoms with Crippen LogP contribution in [0.2, 0.25) is 0 Å². The van der Waals surface area contributed by atoms with E-state index in [1.165, 1.54) is 0 Å². The number of hydrogen-bond acceptors (Lipinski definition) is 3. The number of carbonyl (C=O) groups is 1. The molecule has 1 aromatic heterocycles. The van der Waals surface area contributed by atoms with Gasteiger partial charge < -0.3 is 5.11 Å². The minimum absolute atomic E-state index is 0.124. The lowest BCUT2D eigenvalue weighted by Crippen LogP contribution is -2.30. The number of likely N-dealkylation sites (tertiary alicyclic amines) is 1. The van der Waals surface area contributed by atoms with Crippen LogP contribution in [-0.2, 0) is 11.3 Å². The molecule has 1 aliphatic rings. The number of rotatable bonds is 4. The largest absolute Gasteiger partial charge is 0.480 e. The minimum Gasteiger partial charge on any atom is -0.480 e. The van der Waals surface area contributed by atoms with Crippen LogP contribution in [0.3, 0.4) is 0 Å². The zero-order valence-electron chi connectivity index (χ0n) is 10.4. The van der Waals surface area contributed by atoms with E-state index in [1.807, 2.05) is 16.5 Å². The summed E-state index contributed by atoms with van der Waals surface area (Å²) in [5.74, 6) is -0.754. The van der Waals surface area contributed by atoms with Crippen LogP contribution in [-0.4, -0.2) is 38.8 Å². The molecule has 1 saturated heterocycles. The number of carboxylic acid groups (broad SMARTS) is 1. The van der Waals surface area contributed by atoms with Crippen molar-refractivity contribution in [2.75, 3.05) is 13.1 Å². The molecule has 17 heavy (non-hydrogen) atoms. The highest BCUT2D eigenvalue weighted by atomic mass is 16.4. The van der Waals surface area contributed by atoms with Crippen molar-refractivity contribution in [2.45, 2.75) is 39.3 Å². The molecule has 0 aliphatic carbocycles. The molecule has 0 spiro atoms. The maximum atomic E-state index is 10.8. The Morgan fingerprint density at radius 1 is 1.65 bits per heavy atom. The third-order valence-electron chi connectivity index (χ3n) is 3.28. The van der Waals surface area contributed by atoms with Crippen molar-refractivity contribution in [3.8, 4) is 0 Å². The summed E-state index contributed by atoms with van der Waals surface area (Å²) >= 11 is 0.